The third kappa shape index (κ3) is 10.9. The smallest absolute Gasteiger partial charge is 0.341 e. The van der Waals surface area contributed by atoms with Crippen LogP contribution >= 0.6 is 0 Å². The zero-order chi connectivity index (χ0) is 35.1. The molecule has 1 saturated heterocycles. The molecule has 1 aliphatic rings. The average Bonchev–Trinajstić information content (AvgIpc) is 3.14. The number of aliphatic carboxylic acids is 1. The van der Waals surface area contributed by atoms with Gasteiger partial charge in [0.05, 0.1) is 51.3 Å². The average molecular weight is 685 g/mol. The third-order valence-electron chi connectivity index (χ3n) is 8.29. The minimum absolute atomic E-state index is 0.184. The van der Waals surface area contributed by atoms with Gasteiger partial charge >= 0.3 is 11.9 Å². The van der Waals surface area contributed by atoms with Crippen LogP contribution in [0.3, 0.4) is 0 Å². The molecule has 4 aromatic carbocycles. The topological polar surface area (TPSA) is 119 Å². The summed E-state index contributed by atoms with van der Waals surface area (Å²) < 4.78 is 42.7. The molecule has 5 rings (SSSR count). The fourth-order valence-corrected chi connectivity index (χ4v) is 5.84. The molecule has 0 amide bonds. The second-order valence-electron chi connectivity index (χ2n) is 12.0. The largest absolute Gasteiger partial charge is 0.493 e. The molecule has 264 valence electrons. The van der Waals surface area contributed by atoms with Crippen molar-refractivity contribution in [2.24, 2.45) is 0 Å². The van der Waals surface area contributed by atoms with Gasteiger partial charge in [0.1, 0.15) is 29.8 Å². The van der Waals surface area contributed by atoms with Gasteiger partial charge < -0.3 is 38.3 Å². The Bertz CT molecular complexity index is 1620. The van der Waals surface area contributed by atoms with Gasteiger partial charge in [-0.15, -0.1) is 0 Å². The molecule has 0 radical (unpaired) electrons. The maximum Gasteiger partial charge on any atom is 0.341 e. The van der Waals surface area contributed by atoms with Gasteiger partial charge in [0.2, 0.25) is 0 Å². The van der Waals surface area contributed by atoms with E-state index in [0.29, 0.717) is 38.4 Å². The number of methoxy groups -OCH3 is 1. The number of hydrogen-bond acceptors (Lipinski definition) is 9. The van der Waals surface area contributed by atoms with Gasteiger partial charge in [-0.3, -0.25) is 0 Å². The second-order valence-corrected chi connectivity index (χ2v) is 12.0. The highest BCUT2D eigenvalue weighted by atomic mass is 16.6. The Labute approximate surface area is 292 Å². The highest BCUT2D eigenvalue weighted by molar-refractivity contribution is 5.90. The molecule has 0 aliphatic carbocycles. The number of carbonyl (C=O) groups excluding carboxylic acids is 1. The molecule has 0 bridgehead atoms. The Balaban J connectivity index is 1.32. The van der Waals surface area contributed by atoms with E-state index in [2.05, 4.69) is 0 Å². The van der Waals surface area contributed by atoms with Crippen LogP contribution in [0.4, 0.5) is 0 Å². The van der Waals surface area contributed by atoms with Crippen molar-refractivity contribution in [3.8, 4) is 11.5 Å². The molecule has 10 nitrogen and oxygen atoms in total. The van der Waals surface area contributed by atoms with E-state index in [4.69, 9.17) is 38.3 Å². The molecule has 0 saturated carbocycles. The van der Waals surface area contributed by atoms with E-state index in [1.165, 1.54) is 19.2 Å². The third-order valence-corrected chi connectivity index (χ3v) is 8.29. The molecule has 10 heteroatoms. The van der Waals surface area contributed by atoms with Crippen LogP contribution in [0, 0.1) is 0 Å². The van der Waals surface area contributed by atoms with Gasteiger partial charge in [0, 0.05) is 6.07 Å². The molecule has 0 aromatic heterocycles. The fraction of sp³-hybridized carbons (Fsp3) is 0.350. The van der Waals surface area contributed by atoms with Gasteiger partial charge in [-0.05, 0) is 48.6 Å². The summed E-state index contributed by atoms with van der Waals surface area (Å²) in [4.78, 5) is 23.3. The summed E-state index contributed by atoms with van der Waals surface area (Å²) in [5.41, 5.74) is 3.31. The monoisotopic (exact) mass is 684 g/mol. The van der Waals surface area contributed by atoms with Crippen LogP contribution in [0.2, 0.25) is 0 Å². The van der Waals surface area contributed by atoms with Gasteiger partial charge in [0.25, 0.3) is 0 Å². The lowest BCUT2D eigenvalue weighted by molar-refractivity contribution is -0.262. The van der Waals surface area contributed by atoms with E-state index in [9.17, 15) is 9.59 Å². The van der Waals surface area contributed by atoms with E-state index in [-0.39, 0.29) is 30.1 Å². The predicted octanol–water partition coefficient (Wildman–Crippen LogP) is 6.64. The summed E-state index contributed by atoms with van der Waals surface area (Å²) in [6, 6.07) is 34.5. The van der Waals surface area contributed by atoms with Gasteiger partial charge in [-0.1, -0.05) is 91.0 Å². The lowest BCUT2D eigenvalue weighted by Gasteiger charge is -2.45. The molecule has 1 aliphatic heterocycles. The Morgan fingerprint density at radius 2 is 1.18 bits per heavy atom. The minimum Gasteiger partial charge on any atom is -0.493 e. The lowest BCUT2D eigenvalue weighted by atomic mass is 9.92. The first-order valence-corrected chi connectivity index (χ1v) is 16.7. The van der Waals surface area contributed by atoms with Gasteiger partial charge in [-0.25, -0.2) is 9.59 Å². The molecule has 4 aromatic rings. The lowest BCUT2D eigenvalue weighted by Crippen LogP contribution is -2.59. The van der Waals surface area contributed by atoms with Crippen LogP contribution in [0.1, 0.15) is 46.8 Å². The number of benzene rings is 4. The van der Waals surface area contributed by atoms with Gasteiger partial charge in [0.15, 0.2) is 6.61 Å². The molecular formula is C40H44O10. The summed E-state index contributed by atoms with van der Waals surface area (Å²) in [7, 11) is 1.27. The molecule has 5 unspecified atom stereocenters. The first-order valence-electron chi connectivity index (χ1n) is 16.7. The summed E-state index contributed by atoms with van der Waals surface area (Å²) in [6.07, 6.45) is -0.787. The summed E-state index contributed by atoms with van der Waals surface area (Å²) in [6.45, 7) is 2.88. The fourth-order valence-electron chi connectivity index (χ4n) is 5.84. The molecule has 0 spiro atoms. The Hall–Kier alpha value is -4.74. The molecule has 50 heavy (non-hydrogen) atoms. The zero-order valence-corrected chi connectivity index (χ0v) is 28.4. The number of rotatable bonds is 18. The zero-order valence-electron chi connectivity index (χ0n) is 28.4. The van der Waals surface area contributed by atoms with Crippen molar-refractivity contribution in [3.05, 3.63) is 131 Å². The molecule has 1 N–H and O–H groups in total. The molecule has 1 heterocycles. The van der Waals surface area contributed by atoms with Crippen molar-refractivity contribution in [1.29, 1.82) is 0 Å². The van der Waals surface area contributed by atoms with E-state index in [1.807, 2.05) is 97.9 Å². The van der Waals surface area contributed by atoms with Crippen LogP contribution in [0.25, 0.3) is 0 Å². The number of ether oxygens (including phenoxy) is 7. The number of hydrogen-bond donors (Lipinski definition) is 1. The highest BCUT2D eigenvalue weighted by Crippen LogP contribution is 2.32. The second kappa shape index (κ2) is 18.9. The van der Waals surface area contributed by atoms with Crippen LogP contribution in [-0.2, 0) is 48.3 Å². The normalized spacial score (nSPS) is 20.2. The van der Waals surface area contributed by atoms with Gasteiger partial charge in [-0.2, -0.15) is 0 Å². The van der Waals surface area contributed by atoms with Crippen LogP contribution in [-0.4, -0.2) is 67.9 Å². The standard InChI is InChI=1S/C40H44O10/c1-28-37(47-24-29-13-6-3-7-14-29)39(49-26-31-17-10-5-11-18-31)38(48-25-30-15-8-4-9-16-30)35(50-28)19-12-20-45-33-21-32(40(43)44-2)22-34(23-33)46-27-36(41)42/h3-11,13-18,21-23,28,35,37-39H,12,19-20,24-27H2,1-2H3,(H,41,42). The van der Waals surface area contributed by atoms with E-state index in [1.54, 1.807) is 6.07 Å². The predicted molar refractivity (Wildman–Crippen MR) is 185 cm³/mol. The van der Waals surface area contributed by atoms with Crippen LogP contribution in [0.5, 0.6) is 11.5 Å². The minimum atomic E-state index is -1.14. The molecular weight excluding hydrogens is 640 g/mol. The van der Waals surface area contributed by atoms with Crippen LogP contribution < -0.4 is 9.47 Å². The van der Waals surface area contributed by atoms with E-state index in [0.717, 1.165) is 16.7 Å². The first kappa shape index (κ1) is 36.5. The summed E-state index contributed by atoms with van der Waals surface area (Å²) in [5, 5.41) is 9.03. The SMILES string of the molecule is COC(=O)c1cc(OCCCC2OC(C)C(OCc3ccccc3)C(OCc3ccccc3)C2OCc2ccccc2)cc(OCC(=O)O)c1. The Morgan fingerprint density at radius 1 is 0.680 bits per heavy atom. The summed E-state index contributed by atoms with van der Waals surface area (Å²) in [5.74, 6) is -1.20. The summed E-state index contributed by atoms with van der Waals surface area (Å²) >= 11 is 0. The van der Waals surface area contributed by atoms with Crippen molar-refractivity contribution in [1.82, 2.24) is 0 Å². The quantitative estimate of drug-likeness (QED) is 0.0903. The number of esters is 1. The van der Waals surface area contributed by atoms with Crippen molar-refractivity contribution >= 4 is 11.9 Å². The number of carbonyl (C=O) groups is 2. The van der Waals surface area contributed by atoms with Crippen molar-refractivity contribution < 1.29 is 47.9 Å². The highest BCUT2D eigenvalue weighted by Gasteiger charge is 2.46. The number of carboxylic acid groups (broad SMARTS) is 1. The number of carboxylic acids is 1. The van der Waals surface area contributed by atoms with E-state index >= 15 is 0 Å². The molecule has 5 atom stereocenters. The maximum absolute atomic E-state index is 12.2. The maximum atomic E-state index is 12.2. The van der Waals surface area contributed by atoms with E-state index < -0.39 is 36.9 Å². The molecule has 1 fully saturated rings. The van der Waals surface area contributed by atoms with Crippen LogP contribution in [0.15, 0.2) is 109 Å². The van der Waals surface area contributed by atoms with Crippen molar-refractivity contribution in [3.63, 3.8) is 0 Å². The Kier molecular flexibility index (Phi) is 13.8. The van der Waals surface area contributed by atoms with Crippen molar-refractivity contribution in [2.75, 3.05) is 20.3 Å². The first-order chi connectivity index (χ1) is 24.4. The Morgan fingerprint density at radius 3 is 1.70 bits per heavy atom. The van der Waals surface area contributed by atoms with Crippen molar-refractivity contribution in [2.45, 2.75) is 70.1 Å².